The Kier molecular flexibility index (Phi) is 4.71. The minimum Gasteiger partial charge on any atom is -0.354 e. The fourth-order valence-corrected chi connectivity index (χ4v) is 4.58. The second-order valence-corrected chi connectivity index (χ2v) is 8.48. The topological polar surface area (TPSA) is 92.3 Å². The summed E-state index contributed by atoms with van der Waals surface area (Å²) >= 11 is 0. The van der Waals surface area contributed by atoms with Crippen molar-refractivity contribution >= 4 is 27.2 Å². The van der Waals surface area contributed by atoms with Crippen molar-refractivity contribution in [2.45, 2.75) is 19.4 Å². The summed E-state index contributed by atoms with van der Waals surface area (Å²) in [5.74, 6) is 0.539. The van der Waals surface area contributed by atoms with Crippen LogP contribution in [0.25, 0.3) is 0 Å². The molecule has 2 aromatic rings. The van der Waals surface area contributed by atoms with Gasteiger partial charge in [0.2, 0.25) is 0 Å². The maximum Gasteiger partial charge on any atom is 0.275 e. The first kappa shape index (κ1) is 17.3. The molecule has 7 nitrogen and oxygen atoms in total. The lowest BCUT2D eigenvalue weighted by Crippen LogP contribution is -2.33. The summed E-state index contributed by atoms with van der Waals surface area (Å²) in [6.45, 7) is 1.95. The van der Waals surface area contributed by atoms with Crippen LogP contribution in [0.5, 0.6) is 0 Å². The van der Waals surface area contributed by atoms with Crippen molar-refractivity contribution in [2.24, 2.45) is 0 Å². The predicted molar refractivity (Wildman–Crippen MR) is 96.6 cm³/mol. The second-order valence-electron chi connectivity index (χ2n) is 6.25. The maximum absolute atomic E-state index is 12.2. The number of rotatable bonds is 4. The van der Waals surface area contributed by atoms with Crippen molar-refractivity contribution in [3.05, 3.63) is 47.9 Å². The first-order chi connectivity index (χ1) is 11.8. The molecule has 0 radical (unpaired) electrons. The Morgan fingerprint density at radius 2 is 2.08 bits per heavy atom. The molecule has 1 N–H and O–H groups in total. The monoisotopic (exact) mass is 360 g/mol. The maximum atomic E-state index is 12.2. The van der Waals surface area contributed by atoms with Gasteiger partial charge in [0.1, 0.15) is 11.5 Å². The van der Waals surface area contributed by atoms with Crippen LogP contribution in [-0.4, -0.2) is 48.9 Å². The number of carbonyl (C=O) groups excluding carboxylic acids is 1. The highest BCUT2D eigenvalue weighted by Crippen LogP contribution is 2.21. The Morgan fingerprint density at radius 1 is 1.28 bits per heavy atom. The number of carbonyl (C=O) groups is 1. The summed E-state index contributed by atoms with van der Waals surface area (Å²) in [4.78, 5) is 22.5. The molecule has 1 saturated heterocycles. The van der Waals surface area contributed by atoms with Crippen LogP contribution < -0.4 is 10.2 Å². The molecule has 2 heterocycles. The summed E-state index contributed by atoms with van der Waals surface area (Å²) in [5.41, 5.74) is 1.95. The first-order valence-electron chi connectivity index (χ1n) is 7.97. The molecule has 0 bridgehead atoms. The van der Waals surface area contributed by atoms with Crippen molar-refractivity contribution in [1.82, 2.24) is 9.97 Å². The molecule has 1 amide bonds. The van der Waals surface area contributed by atoms with Gasteiger partial charge in [-0.25, -0.2) is 18.4 Å². The van der Waals surface area contributed by atoms with Crippen LogP contribution >= 0.6 is 0 Å². The van der Waals surface area contributed by atoms with Gasteiger partial charge in [0.05, 0.1) is 23.9 Å². The second kappa shape index (κ2) is 6.79. The fraction of sp³-hybridized carbons (Fsp3) is 0.353. The predicted octanol–water partition coefficient (Wildman–Crippen LogP) is 1.66. The lowest BCUT2D eigenvalue weighted by molar-refractivity contribution is 0.102. The number of nitrogens with zero attached hydrogens (tertiary/aromatic N) is 3. The molecule has 1 aliphatic heterocycles. The van der Waals surface area contributed by atoms with Crippen LogP contribution in [0.15, 0.2) is 36.7 Å². The van der Waals surface area contributed by atoms with E-state index < -0.39 is 9.84 Å². The van der Waals surface area contributed by atoms with Gasteiger partial charge in [0, 0.05) is 18.8 Å². The Morgan fingerprint density at radius 3 is 2.68 bits per heavy atom. The van der Waals surface area contributed by atoms with E-state index in [4.69, 9.17) is 0 Å². The molecule has 1 aliphatic rings. The van der Waals surface area contributed by atoms with Crippen molar-refractivity contribution in [2.75, 3.05) is 28.8 Å². The summed E-state index contributed by atoms with van der Waals surface area (Å²) < 4.78 is 23.2. The van der Waals surface area contributed by atoms with E-state index in [0.717, 1.165) is 5.56 Å². The molecule has 8 heteroatoms. The average molecular weight is 360 g/mol. The summed E-state index contributed by atoms with van der Waals surface area (Å²) in [5, 5.41) is 2.78. The molecular weight excluding hydrogens is 340 g/mol. The van der Waals surface area contributed by atoms with Crippen LogP contribution in [0.4, 0.5) is 11.5 Å². The molecule has 0 spiro atoms. The minimum absolute atomic E-state index is 0.105. The molecule has 0 aliphatic carbocycles. The molecule has 3 rings (SSSR count). The van der Waals surface area contributed by atoms with Crippen LogP contribution in [0, 0.1) is 6.92 Å². The zero-order valence-electron chi connectivity index (χ0n) is 14.1. The number of benzene rings is 1. The van der Waals surface area contributed by atoms with Gasteiger partial charge in [-0.1, -0.05) is 12.1 Å². The highest BCUT2D eigenvalue weighted by Gasteiger charge is 2.31. The highest BCUT2D eigenvalue weighted by atomic mass is 32.2. The molecule has 132 valence electrons. The zero-order valence-corrected chi connectivity index (χ0v) is 15.0. The van der Waals surface area contributed by atoms with Gasteiger partial charge in [0.15, 0.2) is 9.84 Å². The van der Waals surface area contributed by atoms with Gasteiger partial charge in [-0.2, -0.15) is 0 Å². The van der Waals surface area contributed by atoms with E-state index in [9.17, 15) is 13.2 Å². The summed E-state index contributed by atoms with van der Waals surface area (Å²) in [6, 6.07) is 7.38. The van der Waals surface area contributed by atoms with Crippen LogP contribution in [0.1, 0.15) is 22.5 Å². The number of anilines is 2. The van der Waals surface area contributed by atoms with Gasteiger partial charge in [-0.3, -0.25) is 4.79 Å². The minimum atomic E-state index is -2.96. The van der Waals surface area contributed by atoms with E-state index in [0.29, 0.717) is 17.9 Å². The number of amides is 1. The van der Waals surface area contributed by atoms with Gasteiger partial charge >= 0.3 is 0 Å². The van der Waals surface area contributed by atoms with Crippen molar-refractivity contribution < 1.29 is 13.2 Å². The van der Waals surface area contributed by atoms with Gasteiger partial charge in [-0.15, -0.1) is 0 Å². The molecule has 1 aromatic heterocycles. The lowest BCUT2D eigenvalue weighted by atomic mass is 10.2. The van der Waals surface area contributed by atoms with Crippen LogP contribution in [0.3, 0.4) is 0 Å². The highest BCUT2D eigenvalue weighted by molar-refractivity contribution is 7.91. The Hall–Kier alpha value is -2.48. The first-order valence-corrected chi connectivity index (χ1v) is 9.79. The SMILES string of the molecule is Cc1cccc(NC(=O)c2cnc(N(C)C3CCS(=O)(=O)C3)cn2)c1. The zero-order chi connectivity index (χ0) is 18.0. The molecule has 1 unspecified atom stereocenters. The average Bonchev–Trinajstić information content (AvgIpc) is 2.94. The molecule has 0 saturated carbocycles. The van der Waals surface area contributed by atoms with Crippen LogP contribution in [0.2, 0.25) is 0 Å². The van der Waals surface area contributed by atoms with E-state index in [1.165, 1.54) is 12.4 Å². The van der Waals surface area contributed by atoms with E-state index in [-0.39, 0.29) is 29.1 Å². The standard InChI is InChI=1S/C17H20N4O3S/c1-12-4-3-5-13(8-12)20-17(22)15-9-19-16(10-18-15)21(2)14-6-7-25(23,24)11-14/h3-5,8-10,14H,6-7,11H2,1-2H3,(H,20,22). The third-order valence-electron chi connectivity index (χ3n) is 4.26. The molecule has 1 aromatic carbocycles. The smallest absolute Gasteiger partial charge is 0.275 e. The quantitative estimate of drug-likeness (QED) is 0.891. The molecule has 1 fully saturated rings. The number of nitrogens with one attached hydrogen (secondary N) is 1. The largest absolute Gasteiger partial charge is 0.354 e. The molecule has 1 atom stereocenters. The van der Waals surface area contributed by atoms with Gasteiger partial charge in [-0.05, 0) is 31.0 Å². The van der Waals surface area contributed by atoms with Crippen LogP contribution in [-0.2, 0) is 9.84 Å². The third kappa shape index (κ3) is 4.14. The number of hydrogen-bond acceptors (Lipinski definition) is 6. The van der Waals surface area contributed by atoms with Crippen molar-refractivity contribution in [1.29, 1.82) is 0 Å². The Labute approximate surface area is 147 Å². The van der Waals surface area contributed by atoms with E-state index >= 15 is 0 Å². The van der Waals surface area contributed by atoms with E-state index in [2.05, 4.69) is 15.3 Å². The Balaban J connectivity index is 1.68. The number of aromatic nitrogens is 2. The molecule has 25 heavy (non-hydrogen) atoms. The number of aryl methyl sites for hydroxylation is 1. The van der Waals surface area contributed by atoms with Gasteiger partial charge < -0.3 is 10.2 Å². The van der Waals surface area contributed by atoms with Gasteiger partial charge in [0.25, 0.3) is 5.91 Å². The lowest BCUT2D eigenvalue weighted by Gasteiger charge is -2.23. The summed E-state index contributed by atoms with van der Waals surface area (Å²) in [7, 11) is -1.17. The normalized spacial score (nSPS) is 18.7. The number of hydrogen-bond donors (Lipinski definition) is 1. The fourth-order valence-electron chi connectivity index (χ4n) is 2.81. The van der Waals surface area contributed by atoms with E-state index in [1.54, 1.807) is 18.0 Å². The van der Waals surface area contributed by atoms with Crippen molar-refractivity contribution in [3.8, 4) is 0 Å². The summed E-state index contributed by atoms with van der Waals surface area (Å²) in [6.07, 6.45) is 3.48. The van der Waals surface area contributed by atoms with E-state index in [1.807, 2.05) is 25.1 Å². The van der Waals surface area contributed by atoms with Crippen molar-refractivity contribution in [3.63, 3.8) is 0 Å². The number of sulfone groups is 1. The molecular formula is C17H20N4O3S. The third-order valence-corrected chi connectivity index (χ3v) is 6.01. The Bertz CT molecular complexity index is 881.